The summed E-state index contributed by atoms with van der Waals surface area (Å²) >= 11 is 3.38. The number of halogens is 1. The van der Waals surface area contributed by atoms with E-state index in [9.17, 15) is 4.79 Å². The van der Waals surface area contributed by atoms with E-state index < -0.39 is 0 Å². The van der Waals surface area contributed by atoms with E-state index in [1.807, 2.05) is 43.3 Å². The Morgan fingerprint density at radius 3 is 2.21 bits per heavy atom. The second-order valence-corrected chi connectivity index (χ2v) is 8.27. The number of nitrogens with zero attached hydrogens (tertiary/aromatic N) is 3. The number of hydrogen-bond donors (Lipinski definition) is 1. The third kappa shape index (κ3) is 4.07. The van der Waals surface area contributed by atoms with Crippen LogP contribution in [0.2, 0.25) is 0 Å². The van der Waals surface area contributed by atoms with Gasteiger partial charge in [0.15, 0.2) is 0 Å². The standard InChI is InChI=1S/C23H21BrN4O/c1-14(2)16-6-10-19(11-7-16)28-26-21-12-15(3)20(13-22(21)27-28)25-23(29)17-4-8-18(24)9-5-17/h4-14H,1-3H3,(H,25,29). The average molecular weight is 449 g/mol. The molecule has 1 N–H and O–H groups in total. The summed E-state index contributed by atoms with van der Waals surface area (Å²) in [5.74, 6) is 0.324. The van der Waals surface area contributed by atoms with Crippen LogP contribution in [0.15, 0.2) is 65.1 Å². The lowest BCUT2D eigenvalue weighted by Crippen LogP contribution is -2.12. The van der Waals surface area contributed by atoms with Gasteiger partial charge in [-0.1, -0.05) is 41.9 Å². The molecule has 0 bridgehead atoms. The number of hydrogen-bond acceptors (Lipinski definition) is 3. The number of amides is 1. The van der Waals surface area contributed by atoms with Crippen molar-refractivity contribution >= 4 is 38.6 Å². The van der Waals surface area contributed by atoms with Crippen molar-refractivity contribution in [2.75, 3.05) is 5.32 Å². The number of fused-ring (bicyclic) bond motifs is 1. The van der Waals surface area contributed by atoms with Gasteiger partial charge in [0.2, 0.25) is 0 Å². The second kappa shape index (κ2) is 7.79. The lowest BCUT2D eigenvalue weighted by atomic mass is 10.0. The maximum absolute atomic E-state index is 12.6. The molecule has 0 aliphatic heterocycles. The van der Waals surface area contributed by atoms with Crippen molar-refractivity contribution in [2.45, 2.75) is 26.7 Å². The Balaban J connectivity index is 1.63. The molecule has 0 aliphatic rings. The predicted octanol–water partition coefficient (Wildman–Crippen LogP) is 5.87. The summed E-state index contributed by atoms with van der Waals surface area (Å²) in [7, 11) is 0. The molecule has 4 aromatic rings. The average Bonchev–Trinajstić information content (AvgIpc) is 3.11. The summed E-state index contributed by atoms with van der Waals surface area (Å²) < 4.78 is 0.935. The molecule has 0 unspecified atom stereocenters. The van der Waals surface area contributed by atoms with Crippen LogP contribution in [0.5, 0.6) is 0 Å². The fraction of sp³-hybridized carbons (Fsp3) is 0.174. The van der Waals surface area contributed by atoms with Crippen molar-refractivity contribution in [3.63, 3.8) is 0 Å². The van der Waals surface area contributed by atoms with Crippen LogP contribution in [0.4, 0.5) is 5.69 Å². The van der Waals surface area contributed by atoms with Gasteiger partial charge >= 0.3 is 0 Å². The molecule has 1 aromatic heterocycles. The van der Waals surface area contributed by atoms with E-state index in [-0.39, 0.29) is 5.91 Å². The number of benzene rings is 3. The molecule has 146 valence electrons. The van der Waals surface area contributed by atoms with Crippen LogP contribution < -0.4 is 5.32 Å². The van der Waals surface area contributed by atoms with E-state index in [2.05, 4.69) is 57.4 Å². The van der Waals surface area contributed by atoms with Gasteiger partial charge in [-0.25, -0.2) is 0 Å². The molecular formula is C23H21BrN4O. The molecule has 0 saturated carbocycles. The number of carbonyl (C=O) groups excluding carboxylic acids is 1. The van der Waals surface area contributed by atoms with Gasteiger partial charge in [-0.15, -0.1) is 10.2 Å². The van der Waals surface area contributed by atoms with Crippen molar-refractivity contribution < 1.29 is 4.79 Å². The fourth-order valence-electron chi connectivity index (χ4n) is 3.11. The van der Waals surface area contributed by atoms with E-state index in [1.54, 1.807) is 16.9 Å². The minimum Gasteiger partial charge on any atom is -0.322 e. The van der Waals surface area contributed by atoms with Gasteiger partial charge < -0.3 is 5.32 Å². The highest BCUT2D eigenvalue weighted by molar-refractivity contribution is 9.10. The molecule has 0 atom stereocenters. The Labute approximate surface area is 177 Å². The van der Waals surface area contributed by atoms with E-state index >= 15 is 0 Å². The molecular weight excluding hydrogens is 428 g/mol. The van der Waals surface area contributed by atoms with Crippen LogP contribution in [-0.4, -0.2) is 20.9 Å². The third-order valence-corrected chi connectivity index (χ3v) is 5.40. The Bertz CT molecular complexity index is 1180. The van der Waals surface area contributed by atoms with Gasteiger partial charge in [0, 0.05) is 15.7 Å². The number of aromatic nitrogens is 3. The monoisotopic (exact) mass is 448 g/mol. The zero-order valence-electron chi connectivity index (χ0n) is 16.5. The SMILES string of the molecule is Cc1cc2nn(-c3ccc(C(C)C)cc3)nc2cc1NC(=O)c1ccc(Br)cc1. The molecule has 0 saturated heterocycles. The molecule has 0 radical (unpaired) electrons. The smallest absolute Gasteiger partial charge is 0.255 e. The fourth-order valence-corrected chi connectivity index (χ4v) is 3.37. The summed E-state index contributed by atoms with van der Waals surface area (Å²) in [6, 6.07) is 19.3. The largest absolute Gasteiger partial charge is 0.322 e. The normalized spacial score (nSPS) is 11.2. The summed E-state index contributed by atoms with van der Waals surface area (Å²) in [6.45, 7) is 6.29. The molecule has 1 amide bonds. The van der Waals surface area contributed by atoms with Gasteiger partial charge in [0.1, 0.15) is 11.0 Å². The first kappa shape index (κ1) is 19.3. The van der Waals surface area contributed by atoms with E-state index in [1.165, 1.54) is 5.56 Å². The van der Waals surface area contributed by atoms with E-state index in [4.69, 9.17) is 0 Å². The predicted molar refractivity (Wildman–Crippen MR) is 120 cm³/mol. The molecule has 0 aliphatic carbocycles. The van der Waals surface area contributed by atoms with Crippen LogP contribution in [0.3, 0.4) is 0 Å². The second-order valence-electron chi connectivity index (χ2n) is 7.35. The molecule has 6 heteroatoms. The zero-order valence-corrected chi connectivity index (χ0v) is 18.1. The molecule has 29 heavy (non-hydrogen) atoms. The van der Waals surface area contributed by atoms with Crippen LogP contribution >= 0.6 is 15.9 Å². The summed E-state index contributed by atoms with van der Waals surface area (Å²) in [4.78, 5) is 14.2. The maximum atomic E-state index is 12.6. The maximum Gasteiger partial charge on any atom is 0.255 e. The molecule has 0 spiro atoms. The van der Waals surface area contributed by atoms with Gasteiger partial charge in [-0.2, -0.15) is 4.80 Å². The van der Waals surface area contributed by atoms with Crippen molar-refractivity contribution in [1.82, 2.24) is 15.0 Å². The van der Waals surface area contributed by atoms with E-state index in [0.29, 0.717) is 11.5 Å². The number of rotatable bonds is 4. The minimum absolute atomic E-state index is 0.156. The van der Waals surface area contributed by atoms with Gasteiger partial charge in [-0.3, -0.25) is 4.79 Å². The number of carbonyl (C=O) groups is 1. The third-order valence-electron chi connectivity index (χ3n) is 4.87. The molecule has 4 rings (SSSR count). The molecule has 1 heterocycles. The minimum atomic E-state index is -0.156. The van der Waals surface area contributed by atoms with Crippen LogP contribution in [-0.2, 0) is 0 Å². The summed E-state index contributed by atoms with van der Waals surface area (Å²) in [5.41, 5.74) is 5.97. The molecule has 0 fully saturated rings. The molecule has 5 nitrogen and oxygen atoms in total. The first-order valence-electron chi connectivity index (χ1n) is 9.45. The van der Waals surface area contributed by atoms with E-state index in [0.717, 1.165) is 32.4 Å². The Morgan fingerprint density at radius 1 is 0.966 bits per heavy atom. The first-order chi connectivity index (χ1) is 13.9. The van der Waals surface area contributed by atoms with Crippen molar-refractivity contribution in [2.24, 2.45) is 0 Å². The Kier molecular flexibility index (Phi) is 5.20. The van der Waals surface area contributed by atoms with Crippen LogP contribution in [0.1, 0.15) is 41.3 Å². The van der Waals surface area contributed by atoms with Crippen molar-refractivity contribution in [1.29, 1.82) is 0 Å². The van der Waals surface area contributed by atoms with Crippen LogP contribution in [0, 0.1) is 6.92 Å². The van der Waals surface area contributed by atoms with Gasteiger partial charge in [0.05, 0.1) is 5.69 Å². The van der Waals surface area contributed by atoms with Gasteiger partial charge in [-0.05, 0) is 72.5 Å². The lowest BCUT2D eigenvalue weighted by molar-refractivity contribution is 0.102. The zero-order chi connectivity index (χ0) is 20.5. The summed E-state index contributed by atoms with van der Waals surface area (Å²) in [6.07, 6.45) is 0. The number of nitrogens with one attached hydrogen (secondary N) is 1. The summed E-state index contributed by atoms with van der Waals surface area (Å²) in [5, 5.41) is 12.2. The van der Waals surface area contributed by atoms with Crippen molar-refractivity contribution in [3.05, 3.63) is 81.8 Å². The quantitative estimate of drug-likeness (QED) is 0.424. The van der Waals surface area contributed by atoms with Crippen molar-refractivity contribution in [3.8, 4) is 5.69 Å². The van der Waals surface area contributed by atoms with Gasteiger partial charge in [0.25, 0.3) is 5.91 Å². The topological polar surface area (TPSA) is 59.8 Å². The Hall–Kier alpha value is -2.99. The molecule has 3 aromatic carbocycles. The Morgan fingerprint density at radius 2 is 1.59 bits per heavy atom. The van der Waals surface area contributed by atoms with Crippen LogP contribution in [0.25, 0.3) is 16.7 Å². The lowest BCUT2D eigenvalue weighted by Gasteiger charge is -2.08. The highest BCUT2D eigenvalue weighted by Crippen LogP contribution is 2.24. The highest BCUT2D eigenvalue weighted by atomic mass is 79.9. The highest BCUT2D eigenvalue weighted by Gasteiger charge is 2.12. The number of aryl methyl sites for hydroxylation is 1. The first-order valence-corrected chi connectivity index (χ1v) is 10.2. The number of anilines is 1.